The molecule has 18 heavy (non-hydrogen) atoms. The minimum atomic E-state index is -0.00745. The summed E-state index contributed by atoms with van der Waals surface area (Å²) in [6.07, 6.45) is 0. The van der Waals surface area contributed by atoms with Gasteiger partial charge in [0.25, 0.3) is 5.91 Å². The molecule has 1 atom stereocenters. The Kier molecular flexibility index (Phi) is 6.30. The van der Waals surface area contributed by atoms with Crippen LogP contribution >= 0.6 is 43.2 Å². The van der Waals surface area contributed by atoms with E-state index in [1.54, 1.807) is 0 Å². The Bertz CT molecular complexity index is 399. The van der Waals surface area contributed by atoms with E-state index >= 15 is 0 Å². The predicted octanol–water partition coefficient (Wildman–Crippen LogP) is 3.59. The second kappa shape index (κ2) is 7.03. The van der Waals surface area contributed by atoms with Gasteiger partial charge < -0.3 is 10.2 Å². The lowest BCUT2D eigenvalue weighted by Gasteiger charge is -2.25. The van der Waals surface area contributed by atoms with Crippen molar-refractivity contribution in [2.75, 3.05) is 20.6 Å². The van der Waals surface area contributed by atoms with Gasteiger partial charge in [-0.3, -0.25) is 4.79 Å². The predicted molar refractivity (Wildman–Crippen MR) is 84.4 cm³/mol. The third-order valence-corrected chi connectivity index (χ3v) is 5.81. The molecule has 0 aromatic carbocycles. The van der Waals surface area contributed by atoms with Crippen molar-refractivity contribution in [3.05, 3.63) is 19.2 Å². The van der Waals surface area contributed by atoms with E-state index in [1.165, 1.54) is 11.3 Å². The van der Waals surface area contributed by atoms with Crippen LogP contribution in [0.5, 0.6) is 0 Å². The van der Waals surface area contributed by atoms with E-state index < -0.39 is 0 Å². The summed E-state index contributed by atoms with van der Waals surface area (Å²) in [6.45, 7) is 5.08. The van der Waals surface area contributed by atoms with Gasteiger partial charge in [-0.2, -0.15) is 0 Å². The number of amides is 1. The van der Waals surface area contributed by atoms with Crippen molar-refractivity contribution in [3.63, 3.8) is 0 Å². The standard InChI is InChI=1S/C12H18Br2N2OS/c1-7(2)9(6-16(3)4)15-12(17)10-5-8(13)11(14)18-10/h5,7,9H,6H2,1-4H3,(H,15,17). The van der Waals surface area contributed by atoms with Crippen LogP contribution in [-0.4, -0.2) is 37.5 Å². The Hall–Kier alpha value is 0.0900. The average Bonchev–Trinajstić information content (AvgIpc) is 2.57. The second-order valence-corrected chi connectivity index (χ2v) is 8.04. The lowest BCUT2D eigenvalue weighted by molar-refractivity contribution is 0.0921. The quantitative estimate of drug-likeness (QED) is 0.823. The van der Waals surface area contributed by atoms with Crippen LogP contribution in [0.1, 0.15) is 23.5 Å². The van der Waals surface area contributed by atoms with Crippen molar-refractivity contribution in [1.29, 1.82) is 0 Å². The molecule has 0 radical (unpaired) electrons. The van der Waals surface area contributed by atoms with Crippen LogP contribution < -0.4 is 5.32 Å². The number of halogens is 2. The molecule has 0 aliphatic heterocycles. The van der Waals surface area contributed by atoms with Crippen molar-refractivity contribution in [2.45, 2.75) is 19.9 Å². The zero-order valence-corrected chi connectivity index (χ0v) is 14.9. The van der Waals surface area contributed by atoms with Gasteiger partial charge in [0.05, 0.1) is 8.66 Å². The zero-order valence-electron chi connectivity index (χ0n) is 11.0. The van der Waals surface area contributed by atoms with Crippen LogP contribution in [0.3, 0.4) is 0 Å². The molecule has 1 aromatic heterocycles. The minimum Gasteiger partial charge on any atom is -0.347 e. The summed E-state index contributed by atoms with van der Waals surface area (Å²) in [4.78, 5) is 15.0. The summed E-state index contributed by atoms with van der Waals surface area (Å²) in [5, 5.41) is 3.09. The van der Waals surface area contributed by atoms with Gasteiger partial charge in [0.1, 0.15) is 0 Å². The van der Waals surface area contributed by atoms with Crippen molar-refractivity contribution in [3.8, 4) is 0 Å². The summed E-state index contributed by atoms with van der Waals surface area (Å²) in [7, 11) is 4.03. The van der Waals surface area contributed by atoms with Crippen LogP contribution in [-0.2, 0) is 0 Å². The highest BCUT2D eigenvalue weighted by atomic mass is 79.9. The first kappa shape index (κ1) is 16.1. The maximum atomic E-state index is 12.1. The molecule has 0 aliphatic carbocycles. The van der Waals surface area contributed by atoms with Crippen LogP contribution in [0.4, 0.5) is 0 Å². The van der Waals surface area contributed by atoms with E-state index in [0.717, 1.165) is 19.7 Å². The van der Waals surface area contributed by atoms with Crippen LogP contribution in [0.25, 0.3) is 0 Å². The van der Waals surface area contributed by atoms with Gasteiger partial charge in [0.15, 0.2) is 0 Å². The SMILES string of the molecule is CC(C)C(CN(C)C)NC(=O)c1cc(Br)c(Br)s1. The van der Waals surface area contributed by atoms with E-state index in [-0.39, 0.29) is 11.9 Å². The third-order valence-electron chi connectivity index (χ3n) is 2.55. The van der Waals surface area contributed by atoms with Gasteiger partial charge in [-0.25, -0.2) is 0 Å². The van der Waals surface area contributed by atoms with Crippen molar-refractivity contribution < 1.29 is 4.79 Å². The normalized spacial score (nSPS) is 13.1. The number of rotatable bonds is 5. The molecule has 1 N–H and O–H groups in total. The van der Waals surface area contributed by atoms with Gasteiger partial charge in [-0.15, -0.1) is 11.3 Å². The van der Waals surface area contributed by atoms with Crippen molar-refractivity contribution in [2.24, 2.45) is 5.92 Å². The third kappa shape index (κ3) is 4.64. The maximum Gasteiger partial charge on any atom is 0.261 e. The van der Waals surface area contributed by atoms with Gasteiger partial charge in [0, 0.05) is 17.1 Å². The monoisotopic (exact) mass is 396 g/mol. The molecule has 102 valence electrons. The molecule has 0 bridgehead atoms. The number of thiophene rings is 1. The summed E-state index contributed by atoms with van der Waals surface area (Å²) in [5.41, 5.74) is 0. The van der Waals surface area contributed by atoms with Crippen LogP contribution in [0.15, 0.2) is 14.3 Å². The summed E-state index contributed by atoms with van der Waals surface area (Å²) >= 11 is 8.24. The molecule has 1 aromatic rings. The number of nitrogens with one attached hydrogen (secondary N) is 1. The molecular weight excluding hydrogens is 380 g/mol. The van der Waals surface area contributed by atoms with Crippen molar-refractivity contribution >= 4 is 49.1 Å². The molecule has 0 saturated carbocycles. The number of likely N-dealkylation sites (N-methyl/N-ethyl adjacent to an activating group) is 1. The molecule has 1 rings (SSSR count). The Morgan fingerprint density at radius 1 is 1.44 bits per heavy atom. The molecule has 6 heteroatoms. The Balaban J connectivity index is 2.72. The lowest BCUT2D eigenvalue weighted by atomic mass is 10.0. The minimum absolute atomic E-state index is 0.00745. The van der Waals surface area contributed by atoms with Gasteiger partial charge in [0.2, 0.25) is 0 Å². The van der Waals surface area contributed by atoms with Crippen LogP contribution in [0.2, 0.25) is 0 Å². The smallest absolute Gasteiger partial charge is 0.261 e. The topological polar surface area (TPSA) is 32.3 Å². The molecule has 0 aliphatic rings. The first-order valence-electron chi connectivity index (χ1n) is 5.71. The van der Waals surface area contributed by atoms with Crippen LogP contribution in [0, 0.1) is 5.92 Å². The summed E-state index contributed by atoms with van der Waals surface area (Å²) < 4.78 is 1.87. The van der Waals surface area contributed by atoms with Crippen molar-refractivity contribution in [1.82, 2.24) is 10.2 Å². The molecular formula is C12H18Br2N2OS. The fourth-order valence-electron chi connectivity index (χ4n) is 1.51. The molecule has 3 nitrogen and oxygen atoms in total. The number of nitrogens with zero attached hydrogens (tertiary/aromatic N) is 1. The maximum absolute atomic E-state index is 12.1. The molecule has 0 spiro atoms. The van der Waals surface area contributed by atoms with E-state index in [9.17, 15) is 4.79 Å². The Morgan fingerprint density at radius 2 is 2.06 bits per heavy atom. The molecule has 0 saturated heterocycles. The van der Waals surface area contributed by atoms with Gasteiger partial charge >= 0.3 is 0 Å². The molecule has 1 unspecified atom stereocenters. The van der Waals surface area contributed by atoms with Gasteiger partial charge in [-0.1, -0.05) is 13.8 Å². The van der Waals surface area contributed by atoms with E-state index in [4.69, 9.17) is 0 Å². The zero-order chi connectivity index (χ0) is 13.9. The largest absolute Gasteiger partial charge is 0.347 e. The number of hydrogen-bond acceptors (Lipinski definition) is 3. The molecule has 1 amide bonds. The fraction of sp³-hybridized carbons (Fsp3) is 0.583. The highest BCUT2D eigenvalue weighted by Gasteiger charge is 2.19. The second-order valence-electron chi connectivity index (χ2n) is 4.82. The highest BCUT2D eigenvalue weighted by molar-refractivity contribution is 9.13. The number of carbonyl (C=O) groups excluding carboxylic acids is 1. The average molecular weight is 398 g/mol. The lowest BCUT2D eigenvalue weighted by Crippen LogP contribution is -2.44. The van der Waals surface area contributed by atoms with E-state index in [2.05, 4.69) is 55.9 Å². The molecule has 1 heterocycles. The number of carbonyl (C=O) groups is 1. The summed E-state index contributed by atoms with van der Waals surface area (Å²) in [5.74, 6) is 0.398. The number of hydrogen-bond donors (Lipinski definition) is 1. The molecule has 0 fully saturated rings. The van der Waals surface area contributed by atoms with E-state index in [1.807, 2.05) is 20.2 Å². The Morgan fingerprint density at radius 3 is 2.44 bits per heavy atom. The first-order chi connectivity index (χ1) is 8.31. The fourth-order valence-corrected chi connectivity index (χ4v) is 3.45. The first-order valence-corrected chi connectivity index (χ1v) is 8.12. The van der Waals surface area contributed by atoms with Gasteiger partial charge in [-0.05, 0) is 57.9 Å². The Labute approximate surface area is 129 Å². The highest BCUT2D eigenvalue weighted by Crippen LogP contribution is 2.32. The summed E-state index contributed by atoms with van der Waals surface area (Å²) in [6, 6.07) is 2.00. The van der Waals surface area contributed by atoms with E-state index in [0.29, 0.717) is 5.92 Å².